The first-order chi connectivity index (χ1) is 5.00. The van der Waals surface area contributed by atoms with Gasteiger partial charge in [-0.15, -0.1) is 0 Å². The molecule has 1 rings (SSSR count). The maximum absolute atomic E-state index is 9.03. The predicted octanol–water partition coefficient (Wildman–Crippen LogP) is 0.393. The Bertz CT molecular complexity index is 238. The fourth-order valence-corrected chi connectivity index (χ4v) is 0.342. The number of hydrogen-bond donors (Lipinski definition) is 1. The second-order valence-corrected chi connectivity index (χ2v) is 4.38. The van der Waals surface area contributed by atoms with Crippen molar-refractivity contribution < 1.29 is 29.1 Å². The molecule has 11 heavy (non-hydrogen) atoms. The van der Waals surface area contributed by atoms with Crippen molar-refractivity contribution in [1.29, 1.82) is 0 Å². The molecule has 0 unspecified atom stereocenters. The Morgan fingerprint density at radius 1 is 1.18 bits per heavy atom. The molecule has 0 aromatic carbocycles. The topological polar surface area (TPSA) is 68.5 Å². The minimum absolute atomic E-state index is 1.88. The maximum Gasteiger partial charge on any atom is 0.166 e. The zero-order valence-electron chi connectivity index (χ0n) is 5.44. The van der Waals surface area contributed by atoms with Gasteiger partial charge in [0.15, 0.2) is 12.4 Å². The fourth-order valence-electron chi connectivity index (χ4n) is 0.342. The van der Waals surface area contributed by atoms with Crippen LogP contribution in [0.15, 0.2) is 30.6 Å². The first kappa shape index (κ1) is 10.5. The van der Waals surface area contributed by atoms with E-state index in [4.69, 9.17) is 11.8 Å². The van der Waals surface area contributed by atoms with Crippen LogP contribution in [-0.4, -0.2) is 4.16 Å². The smallest absolute Gasteiger partial charge is 0.166 e. The van der Waals surface area contributed by atoms with Crippen LogP contribution in [0.4, 0.5) is 0 Å². The molecule has 6 heteroatoms. The molecule has 0 fully saturated rings. The molecule has 62 valence electrons. The van der Waals surface area contributed by atoms with Crippen LogP contribution < -0.4 is 4.98 Å². The van der Waals surface area contributed by atoms with Gasteiger partial charge in [-0.1, -0.05) is 6.07 Å². The zero-order valence-corrected chi connectivity index (χ0v) is 7.47. The number of rotatable bonds is 0. The number of aromatic amines is 1. The first-order valence-corrected chi connectivity index (χ1v) is 5.95. The molecule has 0 spiro atoms. The van der Waals surface area contributed by atoms with Gasteiger partial charge in [0.25, 0.3) is 0 Å². The van der Waals surface area contributed by atoms with E-state index in [1.54, 1.807) is 0 Å². The third-order valence-corrected chi connectivity index (χ3v) is 0.607. The van der Waals surface area contributed by atoms with Gasteiger partial charge in [0.2, 0.25) is 0 Å². The Morgan fingerprint density at radius 2 is 1.55 bits per heavy atom. The van der Waals surface area contributed by atoms with Gasteiger partial charge >= 0.3 is 34.2 Å². The minimum atomic E-state index is -4.78. The summed E-state index contributed by atoms with van der Waals surface area (Å²) >= 11 is -4.78. The molecule has 0 aliphatic rings. The summed E-state index contributed by atoms with van der Waals surface area (Å²) in [5.41, 5.74) is 0. The Kier molecular flexibility index (Phi) is 5.00. The molecule has 0 saturated carbocycles. The van der Waals surface area contributed by atoms with E-state index in [9.17, 15) is 0 Å². The molecule has 2 N–H and O–H groups in total. The molecule has 0 saturated heterocycles. The molecule has 0 atom stereocenters. The predicted molar refractivity (Wildman–Crippen MR) is 32.4 cm³/mol. The van der Waals surface area contributed by atoms with E-state index >= 15 is 0 Å². The molecule has 0 aliphatic heterocycles. The summed E-state index contributed by atoms with van der Waals surface area (Å²) in [5.74, 6) is 0. The van der Waals surface area contributed by atoms with Crippen molar-refractivity contribution in [3.8, 4) is 0 Å². The van der Waals surface area contributed by atoms with E-state index in [1.807, 2.05) is 30.6 Å². The Labute approximate surface area is 70.1 Å². The van der Waals surface area contributed by atoms with Crippen LogP contribution in [-0.2, 0) is 20.0 Å². The number of H-pyrrole nitrogens is 1. The van der Waals surface area contributed by atoms with Crippen LogP contribution >= 0.6 is 10.0 Å². The average Bonchev–Trinajstić information content (AvgIpc) is 1.88. The Morgan fingerprint density at radius 3 is 1.64 bits per heavy atom. The summed E-state index contributed by atoms with van der Waals surface area (Å²) in [4.78, 5) is 2.89. The molecule has 1 aromatic rings. The summed E-state index contributed by atoms with van der Waals surface area (Å²) in [7, 11) is 4.13. The van der Waals surface area contributed by atoms with Crippen molar-refractivity contribution >= 4 is 10.0 Å². The second-order valence-electron chi connectivity index (χ2n) is 1.49. The van der Waals surface area contributed by atoms with E-state index in [2.05, 4.69) is 15.0 Å². The van der Waals surface area contributed by atoms with E-state index < -0.39 is 12.4 Å². The number of aromatic nitrogens is 1. The normalized spacial score (nSPS) is 9.64. The molecular formula is C5H7ClCrNO3+. The van der Waals surface area contributed by atoms with Crippen LogP contribution in [0.5, 0.6) is 0 Å². The third kappa shape index (κ3) is 17.7. The number of hydrogen-bond acceptors (Lipinski definition) is 2. The van der Waals surface area contributed by atoms with Gasteiger partial charge in [-0.05, 0) is 0 Å². The van der Waals surface area contributed by atoms with Gasteiger partial charge < -0.3 is 0 Å². The van der Waals surface area contributed by atoms with Gasteiger partial charge in [0.05, 0.1) is 0 Å². The van der Waals surface area contributed by atoms with Gasteiger partial charge in [-0.2, -0.15) is 0 Å². The minimum Gasteiger partial charge on any atom is -0.218 e. The molecular weight excluding hydrogens is 210 g/mol. The maximum atomic E-state index is 9.03. The van der Waals surface area contributed by atoms with E-state index in [-0.39, 0.29) is 0 Å². The van der Waals surface area contributed by atoms with Crippen molar-refractivity contribution in [2.24, 2.45) is 0 Å². The van der Waals surface area contributed by atoms with E-state index in [1.165, 1.54) is 0 Å². The van der Waals surface area contributed by atoms with Crippen molar-refractivity contribution in [3.05, 3.63) is 30.6 Å². The van der Waals surface area contributed by atoms with E-state index in [0.717, 1.165) is 0 Å². The van der Waals surface area contributed by atoms with Crippen molar-refractivity contribution in [1.82, 2.24) is 0 Å². The largest absolute Gasteiger partial charge is 0.218 e. The quantitative estimate of drug-likeness (QED) is 0.682. The molecule has 1 aromatic heterocycles. The molecule has 0 bridgehead atoms. The summed E-state index contributed by atoms with van der Waals surface area (Å²) in [5, 5.41) is 0. The Hall–Kier alpha value is -0.468. The van der Waals surface area contributed by atoms with Crippen LogP contribution in [0.1, 0.15) is 0 Å². The number of halogens is 1. The summed E-state index contributed by atoms with van der Waals surface area (Å²) in [6, 6.07) is 5.86. The molecule has 0 amide bonds. The van der Waals surface area contributed by atoms with Crippen molar-refractivity contribution in [2.75, 3.05) is 0 Å². The third-order valence-electron chi connectivity index (χ3n) is 0.607. The van der Waals surface area contributed by atoms with E-state index in [0.29, 0.717) is 0 Å². The average molecular weight is 217 g/mol. The summed E-state index contributed by atoms with van der Waals surface area (Å²) in [6.07, 6.45) is 3.75. The van der Waals surface area contributed by atoms with Crippen LogP contribution in [0, 0.1) is 0 Å². The second kappa shape index (κ2) is 5.22. The van der Waals surface area contributed by atoms with Gasteiger partial charge in [0.1, 0.15) is 0 Å². The molecule has 0 aliphatic carbocycles. The van der Waals surface area contributed by atoms with Gasteiger partial charge in [0, 0.05) is 12.1 Å². The van der Waals surface area contributed by atoms with Crippen LogP contribution in [0.3, 0.4) is 0 Å². The molecule has 0 radical (unpaired) electrons. The van der Waals surface area contributed by atoms with Crippen molar-refractivity contribution in [2.45, 2.75) is 0 Å². The van der Waals surface area contributed by atoms with Gasteiger partial charge in [-0.3, -0.25) is 0 Å². The number of pyridine rings is 1. The first-order valence-electron chi connectivity index (χ1n) is 2.58. The summed E-state index contributed by atoms with van der Waals surface area (Å²) < 4.78 is 25.4. The van der Waals surface area contributed by atoms with Gasteiger partial charge in [-0.25, -0.2) is 4.98 Å². The zero-order chi connectivity index (χ0) is 8.74. The van der Waals surface area contributed by atoms with Crippen LogP contribution in [0.25, 0.3) is 0 Å². The Balaban J connectivity index is 0.000000187. The summed E-state index contributed by atoms with van der Waals surface area (Å²) in [6.45, 7) is 0. The van der Waals surface area contributed by atoms with Crippen molar-refractivity contribution in [3.63, 3.8) is 0 Å². The molecule has 1 heterocycles. The molecule has 4 nitrogen and oxygen atoms in total. The fraction of sp³-hybridized carbons (Fsp3) is 0. The standard InChI is InChI=1S/C5H5N.ClH.Cr.H2O.2O/c1-2-4-6-5-3-1;;;;;/h1-5H;1H;;1H2;;/q;;+2;;;/p-1. The van der Waals surface area contributed by atoms with Crippen LogP contribution in [0.2, 0.25) is 0 Å². The number of nitrogens with one attached hydrogen (secondary N) is 1. The SMILES string of the molecule is [O]=[Cr](=[O])([OH])[Cl].c1cc[nH+]cc1. The monoisotopic (exact) mass is 216 g/mol.